The van der Waals surface area contributed by atoms with Crippen molar-refractivity contribution in [3.05, 3.63) is 29.6 Å². The van der Waals surface area contributed by atoms with Crippen LogP contribution in [-0.4, -0.2) is 31.0 Å². The van der Waals surface area contributed by atoms with Crippen LogP contribution >= 0.6 is 0 Å². The lowest BCUT2D eigenvalue weighted by Crippen LogP contribution is -2.10. The Morgan fingerprint density at radius 3 is 2.35 bits per heavy atom. The molecule has 0 amide bonds. The summed E-state index contributed by atoms with van der Waals surface area (Å²) in [6, 6.07) is 1.43. The summed E-state index contributed by atoms with van der Waals surface area (Å²) in [4.78, 5) is 0. The first-order chi connectivity index (χ1) is 8.00. The minimum Gasteiger partial charge on any atom is -0.609 e. The summed E-state index contributed by atoms with van der Waals surface area (Å²) in [6.45, 7) is 0. The molecular formula is C8H5F3N4OS. The SMILES string of the molecule is C[S+]([O-])c1nnnn1-c1cc(F)c(F)c(F)c1. The van der Waals surface area contributed by atoms with Crippen molar-refractivity contribution in [2.45, 2.75) is 5.16 Å². The molecule has 0 aliphatic rings. The highest BCUT2D eigenvalue weighted by atomic mass is 32.2. The molecule has 17 heavy (non-hydrogen) atoms. The van der Waals surface area contributed by atoms with Crippen molar-refractivity contribution in [2.24, 2.45) is 0 Å². The Bertz CT molecular complexity index is 536. The number of aromatic nitrogens is 4. The van der Waals surface area contributed by atoms with E-state index in [1.54, 1.807) is 0 Å². The predicted octanol–water partition coefficient (Wildman–Crippen LogP) is 0.817. The monoisotopic (exact) mass is 262 g/mol. The van der Waals surface area contributed by atoms with Crippen molar-refractivity contribution in [1.29, 1.82) is 0 Å². The minimum absolute atomic E-state index is 0.0876. The van der Waals surface area contributed by atoms with Gasteiger partial charge in [-0.1, -0.05) is 5.10 Å². The Hall–Kier alpha value is -1.61. The molecule has 1 aromatic heterocycles. The van der Waals surface area contributed by atoms with Gasteiger partial charge in [0.1, 0.15) is 6.26 Å². The number of tetrazole rings is 1. The van der Waals surface area contributed by atoms with Gasteiger partial charge in [0.15, 0.2) is 17.5 Å². The van der Waals surface area contributed by atoms with Crippen LogP contribution in [0.15, 0.2) is 17.3 Å². The molecule has 90 valence electrons. The third-order valence-corrected chi connectivity index (χ3v) is 2.68. The molecule has 0 fully saturated rings. The van der Waals surface area contributed by atoms with E-state index in [1.807, 2.05) is 0 Å². The summed E-state index contributed by atoms with van der Waals surface area (Å²) in [5, 5.41) is 10.0. The summed E-state index contributed by atoms with van der Waals surface area (Å²) in [6.07, 6.45) is 1.30. The Kier molecular flexibility index (Phi) is 3.03. The third-order valence-electron chi connectivity index (χ3n) is 1.91. The maximum Gasteiger partial charge on any atom is 0.365 e. The van der Waals surface area contributed by atoms with Crippen LogP contribution in [0.5, 0.6) is 0 Å². The molecule has 0 aliphatic carbocycles. The minimum atomic E-state index is -1.58. The molecule has 0 bridgehead atoms. The highest BCUT2D eigenvalue weighted by Crippen LogP contribution is 2.18. The maximum atomic E-state index is 13.0. The van der Waals surface area contributed by atoms with Crippen molar-refractivity contribution in [3.8, 4) is 5.69 Å². The van der Waals surface area contributed by atoms with Crippen molar-refractivity contribution in [3.63, 3.8) is 0 Å². The summed E-state index contributed by atoms with van der Waals surface area (Å²) in [5.74, 6) is -4.33. The van der Waals surface area contributed by atoms with Gasteiger partial charge < -0.3 is 4.55 Å². The van der Waals surface area contributed by atoms with Crippen molar-refractivity contribution in [1.82, 2.24) is 20.2 Å². The standard InChI is InChI=1S/C8H5F3N4OS/c1-17(16)8-12-13-14-15(8)4-2-5(9)7(11)6(10)3-4/h2-3H,1H3. The van der Waals surface area contributed by atoms with Crippen molar-refractivity contribution < 1.29 is 17.7 Å². The average molecular weight is 262 g/mol. The first-order valence-corrected chi connectivity index (χ1v) is 5.83. The van der Waals surface area contributed by atoms with Gasteiger partial charge in [-0.15, -0.1) is 0 Å². The molecule has 9 heteroatoms. The second kappa shape index (κ2) is 4.34. The topological polar surface area (TPSA) is 66.7 Å². The van der Waals surface area contributed by atoms with E-state index in [4.69, 9.17) is 0 Å². The second-order valence-electron chi connectivity index (χ2n) is 3.05. The zero-order valence-corrected chi connectivity index (χ0v) is 9.21. The van der Waals surface area contributed by atoms with E-state index < -0.39 is 28.6 Å². The van der Waals surface area contributed by atoms with E-state index in [0.717, 1.165) is 4.68 Å². The molecule has 0 saturated carbocycles. The molecule has 2 rings (SSSR count). The fourth-order valence-corrected chi connectivity index (χ4v) is 1.72. The van der Waals surface area contributed by atoms with Gasteiger partial charge in [0.05, 0.1) is 5.69 Å². The third kappa shape index (κ3) is 2.11. The fourth-order valence-electron chi connectivity index (χ4n) is 1.18. The van der Waals surface area contributed by atoms with Gasteiger partial charge >= 0.3 is 5.16 Å². The number of hydrogen-bond donors (Lipinski definition) is 0. The van der Waals surface area contributed by atoms with Crippen molar-refractivity contribution >= 4 is 11.2 Å². The largest absolute Gasteiger partial charge is 0.609 e. The van der Waals surface area contributed by atoms with Gasteiger partial charge in [0, 0.05) is 23.3 Å². The number of hydrogen-bond acceptors (Lipinski definition) is 4. The predicted molar refractivity (Wildman–Crippen MR) is 51.4 cm³/mol. The van der Waals surface area contributed by atoms with E-state index in [0.29, 0.717) is 12.1 Å². The van der Waals surface area contributed by atoms with Crippen LogP contribution in [0.3, 0.4) is 0 Å². The lowest BCUT2D eigenvalue weighted by Gasteiger charge is -2.05. The van der Waals surface area contributed by atoms with Crippen LogP contribution < -0.4 is 0 Å². The first kappa shape index (κ1) is 11.9. The smallest absolute Gasteiger partial charge is 0.365 e. The number of halogens is 3. The molecule has 5 nitrogen and oxygen atoms in total. The number of rotatable bonds is 2. The molecular weight excluding hydrogens is 257 g/mol. The number of benzene rings is 1. The first-order valence-electron chi connectivity index (χ1n) is 4.27. The molecule has 1 unspecified atom stereocenters. The van der Waals surface area contributed by atoms with E-state index in [1.165, 1.54) is 6.26 Å². The second-order valence-corrected chi connectivity index (χ2v) is 4.32. The highest BCUT2D eigenvalue weighted by molar-refractivity contribution is 7.90. The van der Waals surface area contributed by atoms with Crippen LogP contribution in [0.4, 0.5) is 13.2 Å². The van der Waals surface area contributed by atoms with Crippen molar-refractivity contribution in [2.75, 3.05) is 6.26 Å². The van der Waals surface area contributed by atoms with E-state index in [9.17, 15) is 17.7 Å². The van der Waals surface area contributed by atoms with E-state index in [-0.39, 0.29) is 10.8 Å². The zero-order chi connectivity index (χ0) is 12.6. The van der Waals surface area contributed by atoms with Crippen LogP contribution in [0.25, 0.3) is 5.69 Å². The van der Waals surface area contributed by atoms with Gasteiger partial charge in [-0.05, 0) is 10.4 Å². The highest BCUT2D eigenvalue weighted by Gasteiger charge is 2.20. The normalized spacial score (nSPS) is 12.8. The lowest BCUT2D eigenvalue weighted by molar-refractivity contribution is 0.445. The Morgan fingerprint density at radius 1 is 1.24 bits per heavy atom. The Labute approximate surface area is 96.4 Å². The lowest BCUT2D eigenvalue weighted by atomic mass is 10.3. The van der Waals surface area contributed by atoms with Crippen LogP contribution in [0.2, 0.25) is 0 Å². The Balaban J connectivity index is 2.57. The van der Waals surface area contributed by atoms with Gasteiger partial charge in [0.25, 0.3) is 0 Å². The molecule has 0 radical (unpaired) electrons. The molecule has 1 atom stereocenters. The van der Waals surface area contributed by atoms with E-state index in [2.05, 4.69) is 15.5 Å². The maximum absolute atomic E-state index is 13.0. The molecule has 0 aliphatic heterocycles. The summed E-state index contributed by atoms with van der Waals surface area (Å²) >= 11 is -1.54. The van der Waals surface area contributed by atoms with Gasteiger partial charge in [-0.2, -0.15) is 4.68 Å². The van der Waals surface area contributed by atoms with Gasteiger partial charge in [0.2, 0.25) is 0 Å². The zero-order valence-electron chi connectivity index (χ0n) is 8.39. The molecule has 0 spiro atoms. The summed E-state index contributed by atoms with van der Waals surface area (Å²) < 4.78 is 50.8. The molecule has 0 saturated heterocycles. The van der Waals surface area contributed by atoms with Crippen LogP contribution in [0, 0.1) is 17.5 Å². The molecule has 2 aromatic rings. The van der Waals surface area contributed by atoms with Gasteiger partial charge in [-0.25, -0.2) is 13.2 Å². The Morgan fingerprint density at radius 2 is 1.82 bits per heavy atom. The van der Waals surface area contributed by atoms with Crippen LogP contribution in [-0.2, 0) is 11.2 Å². The number of nitrogens with zero attached hydrogens (tertiary/aromatic N) is 4. The molecule has 0 N–H and O–H groups in total. The van der Waals surface area contributed by atoms with Crippen LogP contribution in [0.1, 0.15) is 0 Å². The van der Waals surface area contributed by atoms with E-state index >= 15 is 0 Å². The molecule has 1 heterocycles. The summed E-state index contributed by atoms with van der Waals surface area (Å²) in [7, 11) is 0. The van der Waals surface area contributed by atoms with Gasteiger partial charge in [-0.3, -0.25) is 0 Å². The molecule has 1 aromatic carbocycles. The quantitative estimate of drug-likeness (QED) is 0.593. The summed E-state index contributed by atoms with van der Waals surface area (Å²) in [5.41, 5.74) is -0.142. The average Bonchev–Trinajstić information content (AvgIpc) is 2.74. The fraction of sp³-hybridized carbons (Fsp3) is 0.125.